The van der Waals surface area contributed by atoms with Crippen molar-refractivity contribution in [2.45, 2.75) is 44.6 Å². The van der Waals surface area contributed by atoms with Crippen molar-refractivity contribution in [3.8, 4) is 22.8 Å². The molecular weight excluding hydrogens is 787 g/mol. The Labute approximate surface area is 348 Å². The number of anilines is 4. The van der Waals surface area contributed by atoms with Gasteiger partial charge >= 0.3 is 0 Å². The van der Waals surface area contributed by atoms with Crippen LogP contribution in [0.1, 0.15) is 59.2 Å². The molecule has 0 bridgehead atoms. The van der Waals surface area contributed by atoms with Crippen molar-refractivity contribution in [1.29, 1.82) is 0 Å². The maximum absolute atomic E-state index is 13.3. The van der Waals surface area contributed by atoms with E-state index in [4.69, 9.17) is 14.6 Å². The molecule has 60 heavy (non-hydrogen) atoms. The van der Waals surface area contributed by atoms with E-state index in [2.05, 4.69) is 36.2 Å². The second-order valence-corrected chi connectivity index (χ2v) is 17.0. The molecule has 16 nitrogen and oxygen atoms in total. The molecule has 0 saturated carbocycles. The summed E-state index contributed by atoms with van der Waals surface area (Å²) in [5, 5.41) is 10.8. The summed E-state index contributed by atoms with van der Waals surface area (Å²) in [4.78, 5) is 49.3. The first-order valence-electron chi connectivity index (χ1n) is 20.3. The number of carbonyl (C=O) groups is 3. The van der Waals surface area contributed by atoms with E-state index in [1.807, 2.05) is 30.3 Å². The number of sulfonamides is 1. The van der Waals surface area contributed by atoms with Crippen LogP contribution in [-0.4, -0.2) is 116 Å². The van der Waals surface area contributed by atoms with Gasteiger partial charge in [0, 0.05) is 55.7 Å². The molecule has 2 fully saturated rings. The molecule has 5 heterocycles. The molecule has 314 valence electrons. The third-order valence-corrected chi connectivity index (χ3v) is 11.7. The molecule has 3 aliphatic rings. The summed E-state index contributed by atoms with van der Waals surface area (Å²) in [6.07, 6.45) is 7.99. The molecule has 0 aliphatic carbocycles. The Morgan fingerprint density at radius 1 is 0.883 bits per heavy atom. The van der Waals surface area contributed by atoms with Crippen LogP contribution >= 0.6 is 0 Å². The van der Waals surface area contributed by atoms with Crippen LogP contribution in [-0.2, 0) is 14.8 Å². The molecule has 0 spiro atoms. The number of unbranched alkanes of at least 4 members (excludes halogenated alkanes) is 3. The highest BCUT2D eigenvalue weighted by molar-refractivity contribution is 7.92. The molecule has 2 saturated heterocycles. The maximum Gasteiger partial charge on any atom is 0.266 e. The summed E-state index contributed by atoms with van der Waals surface area (Å²) in [7, 11) is -1.78. The van der Waals surface area contributed by atoms with Crippen LogP contribution in [0.5, 0.6) is 11.5 Å². The molecule has 17 heteroatoms. The molecule has 3 aromatic carbocycles. The van der Waals surface area contributed by atoms with E-state index in [-0.39, 0.29) is 11.5 Å². The van der Waals surface area contributed by atoms with Crippen LogP contribution < -0.4 is 29.7 Å². The zero-order valence-electron chi connectivity index (χ0n) is 33.7. The highest BCUT2D eigenvalue weighted by Gasteiger charge is 2.45. The van der Waals surface area contributed by atoms with Gasteiger partial charge < -0.3 is 25.0 Å². The third kappa shape index (κ3) is 8.86. The number of ether oxygens (including phenoxy) is 2. The summed E-state index contributed by atoms with van der Waals surface area (Å²) in [5.74, 6) is 0.271. The number of fused-ring (bicyclic) bond motifs is 2. The number of methoxy groups -OCH3 is 1. The second kappa shape index (κ2) is 17.6. The van der Waals surface area contributed by atoms with E-state index < -0.39 is 27.9 Å². The van der Waals surface area contributed by atoms with Crippen molar-refractivity contribution in [3.63, 3.8) is 0 Å². The summed E-state index contributed by atoms with van der Waals surface area (Å²) >= 11 is 0. The van der Waals surface area contributed by atoms with Crippen LogP contribution in [0.2, 0.25) is 0 Å². The number of rotatable bonds is 16. The van der Waals surface area contributed by atoms with E-state index in [0.29, 0.717) is 48.3 Å². The lowest BCUT2D eigenvalue weighted by Gasteiger charge is -2.36. The number of piperidine rings is 1. The van der Waals surface area contributed by atoms with Crippen LogP contribution in [0.4, 0.5) is 23.0 Å². The minimum atomic E-state index is -3.42. The van der Waals surface area contributed by atoms with Gasteiger partial charge in [-0.25, -0.2) is 17.9 Å². The zero-order valence-corrected chi connectivity index (χ0v) is 34.5. The first-order chi connectivity index (χ1) is 29.1. The largest absolute Gasteiger partial charge is 0.494 e. The molecule has 8 rings (SSSR count). The first kappa shape index (κ1) is 40.6. The van der Waals surface area contributed by atoms with Gasteiger partial charge in [-0.05, 0) is 80.8 Å². The van der Waals surface area contributed by atoms with Crippen molar-refractivity contribution in [1.82, 2.24) is 29.7 Å². The number of nitrogens with zero attached hydrogens (tertiary/aromatic N) is 6. The van der Waals surface area contributed by atoms with Gasteiger partial charge in [0.25, 0.3) is 11.8 Å². The number of hydrogen-bond donors (Lipinski definition) is 3. The fraction of sp³-hybridized carbons (Fsp3) is 0.372. The molecule has 1 unspecified atom stereocenters. The predicted octanol–water partition coefficient (Wildman–Crippen LogP) is 5.16. The Balaban J connectivity index is 0.786. The summed E-state index contributed by atoms with van der Waals surface area (Å²) in [6.45, 7) is 5.72. The number of amides is 3. The number of hydrogen-bond acceptors (Lipinski definition) is 12. The average Bonchev–Trinajstić information content (AvgIpc) is 3.78. The standard InChI is InChI=1S/C43H49N9O7S/c1-58-38-27-31(15-17-34(38)46-43-45-28-32-16-18-35(52(32)47-43)29-10-7-11-30(26-29)48-60(2,56)57)50-23-21-49(22-24-50)20-5-3-4-6-25-59-37-14-8-12-33-39(37)42(55)51(41(33)54)36-13-9-19-44-40(36)53/h7-8,10-12,14-18,26-28,36,48H,3-6,9,13,19-25H2,1-2H3,(H,44,53)(H,46,47). The Morgan fingerprint density at radius 3 is 2.50 bits per heavy atom. The van der Waals surface area contributed by atoms with Crippen molar-refractivity contribution in [2.75, 3.05) is 74.2 Å². The van der Waals surface area contributed by atoms with Crippen LogP contribution in [0.15, 0.2) is 79.0 Å². The zero-order chi connectivity index (χ0) is 41.8. The lowest BCUT2D eigenvalue weighted by Crippen LogP contribution is -2.52. The highest BCUT2D eigenvalue weighted by atomic mass is 32.2. The van der Waals surface area contributed by atoms with Crippen LogP contribution in [0.3, 0.4) is 0 Å². The van der Waals surface area contributed by atoms with Gasteiger partial charge in [0.2, 0.25) is 21.9 Å². The van der Waals surface area contributed by atoms with Gasteiger partial charge in [-0.2, -0.15) is 0 Å². The number of imide groups is 1. The molecule has 5 aromatic rings. The van der Waals surface area contributed by atoms with Gasteiger partial charge in [0.05, 0.1) is 54.2 Å². The van der Waals surface area contributed by atoms with Crippen molar-refractivity contribution >= 4 is 56.3 Å². The number of carbonyl (C=O) groups excluding carboxylic acids is 3. The van der Waals surface area contributed by atoms with Gasteiger partial charge in [0.15, 0.2) is 0 Å². The minimum absolute atomic E-state index is 0.259. The monoisotopic (exact) mass is 835 g/mol. The molecule has 3 aliphatic heterocycles. The lowest BCUT2D eigenvalue weighted by atomic mass is 10.1. The predicted molar refractivity (Wildman–Crippen MR) is 229 cm³/mol. The van der Waals surface area contributed by atoms with Crippen LogP contribution in [0, 0.1) is 0 Å². The molecular formula is C43H49N9O7S. The Hall–Kier alpha value is -6.20. The fourth-order valence-corrected chi connectivity index (χ4v) is 8.67. The normalized spacial score (nSPS) is 17.2. The maximum atomic E-state index is 13.3. The number of benzene rings is 3. The van der Waals surface area contributed by atoms with E-state index in [1.54, 1.807) is 54.2 Å². The average molecular weight is 836 g/mol. The topological polar surface area (TPSA) is 180 Å². The minimum Gasteiger partial charge on any atom is -0.494 e. The quantitative estimate of drug-likeness (QED) is 0.0880. The number of nitrogens with one attached hydrogen (secondary N) is 3. The summed E-state index contributed by atoms with van der Waals surface area (Å²) < 4.78 is 39.7. The Morgan fingerprint density at radius 2 is 1.70 bits per heavy atom. The number of piperazine rings is 1. The van der Waals surface area contributed by atoms with E-state index in [9.17, 15) is 22.8 Å². The molecule has 2 aromatic heterocycles. The molecule has 0 radical (unpaired) electrons. The Kier molecular flexibility index (Phi) is 11.9. The SMILES string of the molecule is COc1cc(N2CCN(CCCCCCOc3cccc4c3C(=O)N(C3CCCNC3=O)C4=O)CC2)ccc1Nc1ncc2ccc(-c3cccc(NS(C)(=O)=O)c3)n2n1. The smallest absolute Gasteiger partial charge is 0.266 e. The second-order valence-electron chi connectivity index (χ2n) is 15.3. The van der Waals surface area contributed by atoms with Crippen molar-refractivity contribution in [2.24, 2.45) is 0 Å². The van der Waals surface area contributed by atoms with E-state index >= 15 is 0 Å². The van der Waals surface area contributed by atoms with Gasteiger partial charge in [-0.1, -0.05) is 31.0 Å². The van der Waals surface area contributed by atoms with Crippen LogP contribution in [0.25, 0.3) is 16.8 Å². The van der Waals surface area contributed by atoms with E-state index in [0.717, 1.165) is 104 Å². The molecule has 3 amide bonds. The highest BCUT2D eigenvalue weighted by Crippen LogP contribution is 2.35. The van der Waals surface area contributed by atoms with Crippen molar-refractivity contribution in [3.05, 3.63) is 90.1 Å². The third-order valence-electron chi connectivity index (χ3n) is 11.1. The van der Waals surface area contributed by atoms with Gasteiger partial charge in [0.1, 0.15) is 17.5 Å². The number of aromatic nitrogens is 3. The summed E-state index contributed by atoms with van der Waals surface area (Å²) in [5.41, 5.74) is 5.19. The lowest BCUT2D eigenvalue weighted by molar-refractivity contribution is -0.126. The summed E-state index contributed by atoms with van der Waals surface area (Å²) in [6, 6.07) is 21.4. The molecule has 1 atom stereocenters. The van der Waals surface area contributed by atoms with E-state index in [1.165, 1.54) is 0 Å². The van der Waals surface area contributed by atoms with Gasteiger partial charge in [-0.3, -0.25) is 28.9 Å². The molecule has 3 N–H and O–H groups in total. The Bertz CT molecular complexity index is 2520. The fourth-order valence-electron chi connectivity index (χ4n) is 8.11. The first-order valence-corrected chi connectivity index (χ1v) is 22.2. The van der Waals surface area contributed by atoms with Gasteiger partial charge in [-0.15, -0.1) is 5.10 Å². The van der Waals surface area contributed by atoms with Crippen molar-refractivity contribution < 1.29 is 32.3 Å².